The SMILES string of the molecule is Clc1n[c]ns1. The monoisotopic (exact) mass is 119 g/mol. The first kappa shape index (κ1) is 4.02. The molecule has 0 aromatic carbocycles. The lowest BCUT2D eigenvalue weighted by Gasteiger charge is -1.57. The summed E-state index contributed by atoms with van der Waals surface area (Å²) in [5.41, 5.74) is 0. The highest BCUT2D eigenvalue weighted by molar-refractivity contribution is 7.09. The van der Waals surface area contributed by atoms with Crippen LogP contribution in [0.1, 0.15) is 0 Å². The Morgan fingerprint density at radius 3 is 2.83 bits per heavy atom. The molecule has 1 rings (SSSR count). The molecule has 0 aliphatic heterocycles. The van der Waals surface area contributed by atoms with E-state index in [1.165, 1.54) is 0 Å². The minimum Gasteiger partial charge on any atom is -0.200 e. The first-order chi connectivity index (χ1) is 2.89. The van der Waals surface area contributed by atoms with Crippen LogP contribution in [0.4, 0.5) is 0 Å². The Kier molecular flexibility index (Phi) is 1.03. The van der Waals surface area contributed by atoms with Gasteiger partial charge in [0.05, 0.1) is 0 Å². The molecule has 1 aromatic heterocycles. The summed E-state index contributed by atoms with van der Waals surface area (Å²) in [4.78, 5) is 3.46. The third-order valence-electron chi connectivity index (χ3n) is 0.300. The number of hydrogen-bond acceptors (Lipinski definition) is 3. The van der Waals surface area contributed by atoms with Crippen molar-refractivity contribution >= 4 is 23.1 Å². The molecule has 0 saturated heterocycles. The van der Waals surface area contributed by atoms with E-state index in [0.717, 1.165) is 11.5 Å². The van der Waals surface area contributed by atoms with Gasteiger partial charge in [-0.15, -0.1) is 0 Å². The van der Waals surface area contributed by atoms with Gasteiger partial charge in [-0.05, 0) is 23.1 Å². The van der Waals surface area contributed by atoms with Gasteiger partial charge >= 0.3 is 0 Å². The molecule has 0 spiro atoms. The molecular weight excluding hydrogens is 120 g/mol. The zero-order chi connectivity index (χ0) is 4.41. The zero-order valence-corrected chi connectivity index (χ0v) is 4.25. The highest BCUT2D eigenvalue weighted by Crippen LogP contribution is 2.04. The highest BCUT2D eigenvalue weighted by Gasteiger charge is 1.82. The standard InChI is InChI=1S/C2ClN2S/c3-2-4-1-5-6-2. The van der Waals surface area contributed by atoms with E-state index in [-0.39, 0.29) is 0 Å². The summed E-state index contributed by atoms with van der Waals surface area (Å²) in [5, 5.41) is 0. The van der Waals surface area contributed by atoms with Gasteiger partial charge in [0.1, 0.15) is 0 Å². The molecule has 0 aliphatic carbocycles. The van der Waals surface area contributed by atoms with Crippen LogP contribution < -0.4 is 0 Å². The van der Waals surface area contributed by atoms with Crippen LogP contribution >= 0.6 is 23.1 Å². The molecule has 0 aliphatic rings. The van der Waals surface area contributed by atoms with Crippen molar-refractivity contribution in [2.24, 2.45) is 0 Å². The average Bonchev–Trinajstić information content (AvgIpc) is 1.86. The second-order valence-electron chi connectivity index (χ2n) is 0.647. The first-order valence-electron chi connectivity index (χ1n) is 1.25. The Hall–Kier alpha value is -0.150. The molecular formula is C2ClN2S. The quantitative estimate of drug-likeness (QED) is 0.509. The Balaban J connectivity index is 3.05. The predicted molar refractivity (Wildman–Crippen MR) is 23.8 cm³/mol. The van der Waals surface area contributed by atoms with Crippen molar-refractivity contribution in [3.05, 3.63) is 10.8 Å². The van der Waals surface area contributed by atoms with Crippen molar-refractivity contribution < 1.29 is 0 Å². The van der Waals surface area contributed by atoms with Gasteiger partial charge in [-0.2, -0.15) is 4.37 Å². The maximum Gasteiger partial charge on any atom is 0.213 e. The van der Waals surface area contributed by atoms with Crippen LogP contribution in [-0.2, 0) is 0 Å². The van der Waals surface area contributed by atoms with Gasteiger partial charge in [0, 0.05) is 0 Å². The molecule has 0 fully saturated rings. The third-order valence-corrected chi connectivity index (χ3v) is 1.01. The fourth-order valence-electron chi connectivity index (χ4n) is 0.138. The molecule has 1 aromatic rings. The summed E-state index contributed by atoms with van der Waals surface area (Å²) in [6.07, 6.45) is 2.32. The molecule has 0 amide bonds. The topological polar surface area (TPSA) is 25.8 Å². The smallest absolute Gasteiger partial charge is 0.200 e. The fourth-order valence-corrected chi connectivity index (χ4v) is 0.518. The van der Waals surface area contributed by atoms with E-state index in [0.29, 0.717) is 4.47 Å². The van der Waals surface area contributed by atoms with E-state index in [2.05, 4.69) is 15.7 Å². The molecule has 31 valence electrons. The molecule has 2 nitrogen and oxygen atoms in total. The van der Waals surface area contributed by atoms with Gasteiger partial charge in [0.2, 0.25) is 10.8 Å². The first-order valence-corrected chi connectivity index (χ1v) is 2.40. The van der Waals surface area contributed by atoms with Gasteiger partial charge in [0.25, 0.3) is 0 Å². The van der Waals surface area contributed by atoms with Crippen molar-refractivity contribution in [1.82, 2.24) is 9.36 Å². The zero-order valence-electron chi connectivity index (χ0n) is 2.68. The third kappa shape index (κ3) is 0.666. The normalized spacial score (nSPS) is 8.83. The van der Waals surface area contributed by atoms with Crippen molar-refractivity contribution in [3.63, 3.8) is 0 Å². The van der Waals surface area contributed by atoms with E-state index in [1.807, 2.05) is 0 Å². The van der Waals surface area contributed by atoms with Crippen molar-refractivity contribution in [3.8, 4) is 0 Å². The van der Waals surface area contributed by atoms with Crippen LogP contribution in [0.5, 0.6) is 0 Å². The van der Waals surface area contributed by atoms with Crippen LogP contribution in [-0.4, -0.2) is 9.36 Å². The van der Waals surface area contributed by atoms with Gasteiger partial charge in [-0.1, -0.05) is 0 Å². The molecule has 0 bridgehead atoms. The van der Waals surface area contributed by atoms with Crippen LogP contribution in [0.25, 0.3) is 0 Å². The Labute approximate surface area is 44.0 Å². The Morgan fingerprint density at radius 1 is 1.83 bits per heavy atom. The lowest BCUT2D eigenvalue weighted by molar-refractivity contribution is 1.31. The predicted octanol–water partition coefficient (Wildman–Crippen LogP) is 0.992. The number of hydrogen-bond donors (Lipinski definition) is 0. The minimum atomic E-state index is 0.440. The lowest BCUT2D eigenvalue weighted by Crippen LogP contribution is -1.50. The second-order valence-corrected chi connectivity index (χ2v) is 1.98. The van der Waals surface area contributed by atoms with E-state index in [4.69, 9.17) is 11.6 Å². The van der Waals surface area contributed by atoms with Gasteiger partial charge < -0.3 is 0 Å². The number of aromatic nitrogens is 2. The summed E-state index contributed by atoms with van der Waals surface area (Å²) < 4.78 is 3.94. The molecule has 0 atom stereocenters. The number of rotatable bonds is 0. The Morgan fingerprint density at radius 2 is 2.67 bits per heavy atom. The minimum absolute atomic E-state index is 0.440. The van der Waals surface area contributed by atoms with Crippen LogP contribution in [0.15, 0.2) is 0 Å². The molecule has 4 heteroatoms. The van der Waals surface area contributed by atoms with Crippen LogP contribution in [0, 0.1) is 6.33 Å². The van der Waals surface area contributed by atoms with E-state index >= 15 is 0 Å². The Bertz CT molecular complexity index is 115. The summed E-state index contributed by atoms with van der Waals surface area (Å²) in [6, 6.07) is 0. The fraction of sp³-hybridized carbons (Fsp3) is 0. The molecule has 6 heavy (non-hydrogen) atoms. The van der Waals surface area contributed by atoms with Gasteiger partial charge in [-0.3, -0.25) is 0 Å². The second kappa shape index (κ2) is 1.53. The summed E-state index contributed by atoms with van der Waals surface area (Å²) in [7, 11) is 0. The van der Waals surface area contributed by atoms with Crippen molar-refractivity contribution in [2.75, 3.05) is 0 Å². The average molecular weight is 120 g/mol. The molecule has 0 saturated carbocycles. The highest BCUT2D eigenvalue weighted by atomic mass is 35.5. The van der Waals surface area contributed by atoms with E-state index < -0.39 is 0 Å². The van der Waals surface area contributed by atoms with E-state index in [1.54, 1.807) is 0 Å². The lowest BCUT2D eigenvalue weighted by atomic mass is 11.3. The largest absolute Gasteiger partial charge is 0.213 e. The number of halogens is 1. The summed E-state index contributed by atoms with van der Waals surface area (Å²) in [5.74, 6) is 0. The van der Waals surface area contributed by atoms with Gasteiger partial charge in [0.15, 0.2) is 0 Å². The molecule has 1 radical (unpaired) electrons. The van der Waals surface area contributed by atoms with Crippen LogP contribution in [0.3, 0.4) is 0 Å². The van der Waals surface area contributed by atoms with Crippen LogP contribution in [0.2, 0.25) is 4.47 Å². The summed E-state index contributed by atoms with van der Waals surface area (Å²) >= 11 is 6.40. The molecule has 0 N–H and O–H groups in total. The maximum atomic E-state index is 5.27. The van der Waals surface area contributed by atoms with Crippen molar-refractivity contribution in [2.45, 2.75) is 0 Å². The summed E-state index contributed by atoms with van der Waals surface area (Å²) in [6.45, 7) is 0. The number of nitrogens with zero attached hydrogens (tertiary/aromatic N) is 2. The molecule has 0 unspecified atom stereocenters. The van der Waals surface area contributed by atoms with E-state index in [9.17, 15) is 0 Å². The molecule has 1 heterocycles. The van der Waals surface area contributed by atoms with Crippen molar-refractivity contribution in [1.29, 1.82) is 0 Å². The maximum absolute atomic E-state index is 5.27. The van der Waals surface area contributed by atoms with Gasteiger partial charge in [-0.25, -0.2) is 4.98 Å².